The number of halogens is 3. The number of thiazole rings is 1. The molecule has 1 atom stereocenters. The Morgan fingerprint density at radius 3 is 2.46 bits per heavy atom. The van der Waals surface area contributed by atoms with Crippen molar-refractivity contribution in [2.75, 3.05) is 5.32 Å². The van der Waals surface area contributed by atoms with E-state index in [1.54, 1.807) is 11.6 Å². The van der Waals surface area contributed by atoms with Gasteiger partial charge >= 0.3 is 12.1 Å². The van der Waals surface area contributed by atoms with E-state index in [4.69, 9.17) is 15.6 Å². The fraction of sp³-hybridized carbons (Fsp3) is 0.227. The molecule has 0 spiro atoms. The van der Waals surface area contributed by atoms with Gasteiger partial charge in [0, 0.05) is 30.2 Å². The average molecular weight is 507 g/mol. The highest BCUT2D eigenvalue weighted by molar-refractivity contribution is 7.09. The van der Waals surface area contributed by atoms with Gasteiger partial charge in [-0.25, -0.2) is 14.8 Å². The molecule has 0 fully saturated rings. The van der Waals surface area contributed by atoms with Gasteiger partial charge in [0.2, 0.25) is 5.95 Å². The number of aryl methyl sites for hydroxylation is 2. The third kappa shape index (κ3) is 6.83. The van der Waals surface area contributed by atoms with Gasteiger partial charge in [0.05, 0.1) is 17.1 Å². The van der Waals surface area contributed by atoms with Gasteiger partial charge in [-0.15, -0.1) is 11.3 Å². The molecule has 0 aliphatic heterocycles. The molecule has 3 aromatic heterocycles. The fourth-order valence-electron chi connectivity index (χ4n) is 2.94. The molecule has 0 aliphatic rings. The molecule has 1 amide bonds. The van der Waals surface area contributed by atoms with E-state index in [9.17, 15) is 18.0 Å². The van der Waals surface area contributed by atoms with Crippen molar-refractivity contribution in [3.8, 4) is 0 Å². The molecule has 1 unspecified atom stereocenters. The van der Waals surface area contributed by atoms with Crippen molar-refractivity contribution in [3.63, 3.8) is 0 Å². The number of fused-ring (bicyclic) bond motifs is 1. The first-order valence-corrected chi connectivity index (χ1v) is 11.1. The number of amides is 1. The lowest BCUT2D eigenvalue weighted by molar-refractivity contribution is -0.192. The molecule has 1 aromatic carbocycles. The Morgan fingerprint density at radius 1 is 1.17 bits per heavy atom. The summed E-state index contributed by atoms with van der Waals surface area (Å²) in [7, 11) is 0. The Morgan fingerprint density at radius 2 is 1.86 bits per heavy atom. The van der Waals surface area contributed by atoms with E-state index in [0.717, 1.165) is 28.2 Å². The second-order valence-corrected chi connectivity index (χ2v) is 8.15. The lowest BCUT2D eigenvalue weighted by Gasteiger charge is -2.09. The molecule has 4 aromatic rings. The zero-order valence-electron chi connectivity index (χ0n) is 18.4. The highest BCUT2D eigenvalue weighted by Crippen LogP contribution is 2.22. The van der Waals surface area contributed by atoms with Crippen LogP contribution < -0.4 is 11.1 Å². The smallest absolute Gasteiger partial charge is 0.475 e. The number of hydrogen-bond donors (Lipinski definition) is 3. The van der Waals surface area contributed by atoms with Crippen molar-refractivity contribution in [2.24, 2.45) is 5.73 Å². The molecule has 35 heavy (non-hydrogen) atoms. The number of alkyl halides is 3. The number of carboxylic acids is 1. The molecule has 184 valence electrons. The molecule has 0 aliphatic carbocycles. The number of carboxylic acid groups (broad SMARTS) is 1. The first kappa shape index (κ1) is 25.8. The maximum atomic E-state index is 12.7. The van der Waals surface area contributed by atoms with Crippen molar-refractivity contribution in [1.82, 2.24) is 19.5 Å². The van der Waals surface area contributed by atoms with Crippen molar-refractivity contribution >= 4 is 40.2 Å². The predicted molar refractivity (Wildman–Crippen MR) is 124 cm³/mol. The Hall–Kier alpha value is -3.84. The van der Waals surface area contributed by atoms with E-state index in [0.29, 0.717) is 18.2 Å². The number of nitrogens with one attached hydrogen (secondary N) is 1. The second-order valence-electron chi connectivity index (χ2n) is 7.26. The zero-order valence-corrected chi connectivity index (χ0v) is 19.2. The maximum absolute atomic E-state index is 12.7. The van der Waals surface area contributed by atoms with Crippen molar-refractivity contribution < 1.29 is 27.9 Å². The SMILES string of the molecule is CC(N)c1nc(C(=O)Nc2nc3ccccc3n2CCc2ccccn2)cs1.O=C(O)C(F)(F)F. The van der Waals surface area contributed by atoms with E-state index in [-0.39, 0.29) is 11.9 Å². The van der Waals surface area contributed by atoms with Crippen LogP contribution in [0.4, 0.5) is 19.1 Å². The number of carbonyl (C=O) groups is 2. The van der Waals surface area contributed by atoms with Gasteiger partial charge < -0.3 is 15.4 Å². The fourth-order valence-corrected chi connectivity index (χ4v) is 3.69. The Labute approximate surface area is 201 Å². The minimum absolute atomic E-state index is 0.200. The number of rotatable bonds is 6. The first-order valence-electron chi connectivity index (χ1n) is 10.2. The normalized spacial score (nSPS) is 12.0. The molecule has 3 heterocycles. The highest BCUT2D eigenvalue weighted by atomic mass is 32.1. The minimum atomic E-state index is -5.08. The van der Waals surface area contributed by atoms with Crippen molar-refractivity contribution in [1.29, 1.82) is 0 Å². The zero-order chi connectivity index (χ0) is 25.6. The van der Waals surface area contributed by atoms with Gasteiger partial charge in [-0.2, -0.15) is 13.2 Å². The number of imidazole rings is 1. The van der Waals surface area contributed by atoms with Crippen LogP contribution in [0, 0.1) is 0 Å². The predicted octanol–water partition coefficient (Wildman–Crippen LogP) is 4.04. The highest BCUT2D eigenvalue weighted by Gasteiger charge is 2.38. The minimum Gasteiger partial charge on any atom is -0.475 e. The number of anilines is 1. The molecule has 0 saturated carbocycles. The lowest BCUT2D eigenvalue weighted by atomic mass is 10.2. The van der Waals surface area contributed by atoms with Gasteiger partial charge in [0.15, 0.2) is 0 Å². The van der Waals surface area contributed by atoms with E-state index >= 15 is 0 Å². The molecule has 4 rings (SSSR count). The van der Waals surface area contributed by atoms with E-state index in [1.165, 1.54) is 11.3 Å². The molecule has 0 radical (unpaired) electrons. The number of nitrogens with two attached hydrogens (primary N) is 1. The number of aromatic nitrogens is 4. The lowest BCUT2D eigenvalue weighted by Crippen LogP contribution is -2.21. The van der Waals surface area contributed by atoms with Gasteiger partial charge in [-0.1, -0.05) is 18.2 Å². The van der Waals surface area contributed by atoms with Gasteiger partial charge in [0.25, 0.3) is 5.91 Å². The number of hydrogen-bond acceptors (Lipinski definition) is 7. The summed E-state index contributed by atoms with van der Waals surface area (Å²) in [5.74, 6) is -2.55. The van der Waals surface area contributed by atoms with Crippen LogP contribution in [-0.2, 0) is 17.8 Å². The molecule has 13 heteroatoms. The monoisotopic (exact) mass is 506 g/mol. The number of aliphatic carboxylic acids is 1. The van der Waals surface area contributed by atoms with Crippen molar-refractivity contribution in [2.45, 2.75) is 32.1 Å². The van der Waals surface area contributed by atoms with Crippen LogP contribution in [0.3, 0.4) is 0 Å². The summed E-state index contributed by atoms with van der Waals surface area (Å²) in [5.41, 5.74) is 8.96. The van der Waals surface area contributed by atoms with Crippen LogP contribution in [0.15, 0.2) is 54.0 Å². The van der Waals surface area contributed by atoms with Crippen LogP contribution in [0.25, 0.3) is 11.0 Å². The topological polar surface area (TPSA) is 136 Å². The number of pyridine rings is 1. The Kier molecular flexibility index (Phi) is 8.14. The van der Waals surface area contributed by atoms with E-state index in [2.05, 4.69) is 20.3 Å². The third-order valence-electron chi connectivity index (χ3n) is 4.58. The number of carbonyl (C=O) groups excluding carboxylic acids is 1. The van der Waals surface area contributed by atoms with Gasteiger partial charge in [-0.3, -0.25) is 15.1 Å². The van der Waals surface area contributed by atoms with Crippen LogP contribution in [0.5, 0.6) is 0 Å². The Bertz CT molecular complexity index is 1300. The van der Waals surface area contributed by atoms with E-state index in [1.807, 2.05) is 54.0 Å². The molecular weight excluding hydrogens is 485 g/mol. The second kappa shape index (κ2) is 11.1. The van der Waals surface area contributed by atoms with Crippen molar-refractivity contribution in [3.05, 3.63) is 70.4 Å². The molecule has 0 saturated heterocycles. The quantitative estimate of drug-likeness (QED) is 0.359. The summed E-state index contributed by atoms with van der Waals surface area (Å²) in [6.45, 7) is 2.49. The van der Waals surface area contributed by atoms with Gasteiger partial charge in [-0.05, 0) is 31.2 Å². The van der Waals surface area contributed by atoms with Crippen LogP contribution in [0.2, 0.25) is 0 Å². The number of benzene rings is 1. The number of nitrogens with zero attached hydrogens (tertiary/aromatic N) is 4. The molecular formula is C22H21F3N6O3S. The van der Waals surface area contributed by atoms with E-state index < -0.39 is 12.1 Å². The van der Waals surface area contributed by atoms with Crippen LogP contribution in [0.1, 0.15) is 34.2 Å². The first-order chi connectivity index (χ1) is 16.6. The molecule has 9 nitrogen and oxygen atoms in total. The number of para-hydroxylation sites is 2. The summed E-state index contributed by atoms with van der Waals surface area (Å²) in [6, 6.07) is 13.5. The summed E-state index contributed by atoms with van der Waals surface area (Å²) in [4.78, 5) is 34.9. The molecule has 0 bridgehead atoms. The van der Waals surface area contributed by atoms with Crippen LogP contribution >= 0.6 is 11.3 Å². The summed E-state index contributed by atoms with van der Waals surface area (Å²) in [5, 5.41) is 12.5. The standard InChI is InChI=1S/C20H20N6OS.C2HF3O2/c1-13(21)19-23-16(12-28-19)18(27)25-20-24-15-7-2-3-8-17(15)26(20)11-9-14-6-4-5-10-22-14;3-2(4,5)1(6)7/h2-8,10,12-13H,9,11,21H2,1H3,(H,24,25,27);(H,6,7). The molecule has 4 N–H and O–H groups in total. The summed E-state index contributed by atoms with van der Waals surface area (Å²) < 4.78 is 33.7. The third-order valence-corrected chi connectivity index (χ3v) is 5.63. The maximum Gasteiger partial charge on any atom is 0.490 e. The largest absolute Gasteiger partial charge is 0.490 e. The van der Waals surface area contributed by atoms with Gasteiger partial charge in [0.1, 0.15) is 10.7 Å². The Balaban J connectivity index is 0.000000429. The average Bonchev–Trinajstić information content (AvgIpc) is 3.43. The van der Waals surface area contributed by atoms with Crippen LogP contribution in [-0.4, -0.2) is 42.7 Å². The summed E-state index contributed by atoms with van der Waals surface area (Å²) in [6.07, 6.45) is -2.57. The summed E-state index contributed by atoms with van der Waals surface area (Å²) >= 11 is 1.38.